The number of nitrogens with one attached hydrogen (secondary N) is 2. The number of carbonyl (C=O) groups is 1. The molecule has 0 heterocycles. The first-order valence-electron chi connectivity index (χ1n) is 9.23. The van der Waals surface area contributed by atoms with Crippen molar-refractivity contribution in [2.75, 3.05) is 6.54 Å². The van der Waals surface area contributed by atoms with E-state index in [2.05, 4.69) is 10.6 Å². The highest BCUT2D eigenvalue weighted by Crippen LogP contribution is 2.37. The molecule has 0 radical (unpaired) electrons. The number of phenolic OH excluding ortho intramolecular Hbond substituents is 1. The number of fused-ring (bicyclic) bond motifs is 2. The number of hydrogen-bond acceptors (Lipinski definition) is 3. The summed E-state index contributed by atoms with van der Waals surface area (Å²) in [5, 5.41) is 26.8. The molecule has 26 heavy (non-hydrogen) atoms. The predicted octanol–water partition coefficient (Wildman–Crippen LogP) is 2.90. The summed E-state index contributed by atoms with van der Waals surface area (Å²) in [4.78, 5) is 12.4. The Morgan fingerprint density at radius 3 is 2.88 bits per heavy atom. The lowest BCUT2D eigenvalue weighted by Crippen LogP contribution is -2.46. The molecule has 4 rings (SSSR count). The zero-order chi connectivity index (χ0) is 18.1. The smallest absolute Gasteiger partial charge is 0.315 e. The summed E-state index contributed by atoms with van der Waals surface area (Å²) in [6.45, 7) is 0.190. The number of aliphatic hydroxyl groups is 1. The maximum atomic E-state index is 12.4. The fourth-order valence-corrected chi connectivity index (χ4v) is 4.30. The van der Waals surface area contributed by atoms with E-state index in [0.29, 0.717) is 12.2 Å². The maximum absolute atomic E-state index is 12.4. The van der Waals surface area contributed by atoms with E-state index in [1.807, 2.05) is 30.3 Å². The lowest BCUT2D eigenvalue weighted by molar-refractivity contribution is 0.0216. The zero-order valence-electron chi connectivity index (χ0n) is 14.7. The Labute approximate surface area is 153 Å². The van der Waals surface area contributed by atoms with Crippen LogP contribution in [0.25, 0.3) is 0 Å². The Kier molecular flexibility index (Phi) is 4.32. The van der Waals surface area contributed by atoms with Crippen LogP contribution in [0.2, 0.25) is 0 Å². The highest BCUT2D eigenvalue weighted by molar-refractivity contribution is 5.75. The number of amides is 2. The lowest BCUT2D eigenvalue weighted by atomic mass is 9.79. The van der Waals surface area contributed by atoms with Crippen molar-refractivity contribution in [1.82, 2.24) is 10.6 Å². The number of phenols is 1. The van der Waals surface area contributed by atoms with Crippen molar-refractivity contribution in [2.24, 2.45) is 0 Å². The highest BCUT2D eigenvalue weighted by Gasteiger charge is 2.34. The predicted molar refractivity (Wildman–Crippen MR) is 99.0 cm³/mol. The molecule has 2 unspecified atom stereocenters. The summed E-state index contributed by atoms with van der Waals surface area (Å²) in [7, 11) is 0. The van der Waals surface area contributed by atoms with Crippen LogP contribution in [0.15, 0.2) is 42.5 Å². The SMILES string of the molecule is O=C(NCC1(O)CCCc2ccccc21)NC1CCc2c(O)cccc21. The van der Waals surface area contributed by atoms with Gasteiger partial charge in [-0.05, 0) is 60.4 Å². The average molecular weight is 352 g/mol. The van der Waals surface area contributed by atoms with Crippen LogP contribution < -0.4 is 10.6 Å². The molecule has 2 aromatic carbocycles. The third-order valence-electron chi connectivity index (χ3n) is 5.65. The molecule has 2 aliphatic carbocycles. The minimum atomic E-state index is -1.02. The maximum Gasteiger partial charge on any atom is 0.315 e. The topological polar surface area (TPSA) is 81.6 Å². The van der Waals surface area contributed by atoms with Gasteiger partial charge in [0, 0.05) is 0 Å². The molecule has 2 atom stereocenters. The van der Waals surface area contributed by atoms with Crippen LogP contribution in [0.3, 0.4) is 0 Å². The van der Waals surface area contributed by atoms with Gasteiger partial charge in [-0.1, -0.05) is 36.4 Å². The molecule has 2 amide bonds. The molecule has 0 aliphatic heterocycles. The van der Waals surface area contributed by atoms with Gasteiger partial charge in [0.15, 0.2) is 0 Å². The van der Waals surface area contributed by atoms with E-state index >= 15 is 0 Å². The second-order valence-corrected chi connectivity index (χ2v) is 7.31. The fourth-order valence-electron chi connectivity index (χ4n) is 4.30. The second kappa shape index (κ2) is 6.65. The van der Waals surface area contributed by atoms with Crippen LogP contribution in [0.4, 0.5) is 4.79 Å². The molecule has 0 spiro atoms. The van der Waals surface area contributed by atoms with E-state index in [4.69, 9.17) is 0 Å². The number of hydrogen-bond donors (Lipinski definition) is 4. The van der Waals surface area contributed by atoms with Crippen molar-refractivity contribution in [1.29, 1.82) is 0 Å². The molecule has 2 aliphatic rings. The third kappa shape index (κ3) is 3.03. The van der Waals surface area contributed by atoms with Gasteiger partial charge in [-0.3, -0.25) is 0 Å². The monoisotopic (exact) mass is 352 g/mol. The van der Waals surface area contributed by atoms with Gasteiger partial charge in [-0.25, -0.2) is 4.79 Å². The van der Waals surface area contributed by atoms with Gasteiger partial charge in [0.05, 0.1) is 12.6 Å². The summed E-state index contributed by atoms with van der Waals surface area (Å²) in [6.07, 6.45) is 4.04. The lowest BCUT2D eigenvalue weighted by Gasteiger charge is -2.34. The Bertz CT molecular complexity index is 836. The summed E-state index contributed by atoms with van der Waals surface area (Å²) in [5.41, 5.74) is 2.95. The van der Waals surface area contributed by atoms with Crippen molar-refractivity contribution >= 4 is 6.03 Å². The van der Waals surface area contributed by atoms with E-state index < -0.39 is 5.60 Å². The highest BCUT2D eigenvalue weighted by atomic mass is 16.3. The van der Waals surface area contributed by atoms with E-state index in [9.17, 15) is 15.0 Å². The number of carbonyl (C=O) groups excluding carboxylic acids is 1. The number of rotatable bonds is 3. The molecule has 4 N–H and O–H groups in total. The molecule has 0 saturated heterocycles. The van der Waals surface area contributed by atoms with Gasteiger partial charge in [-0.15, -0.1) is 0 Å². The van der Waals surface area contributed by atoms with Gasteiger partial charge in [0.2, 0.25) is 0 Å². The quantitative estimate of drug-likeness (QED) is 0.686. The summed E-state index contributed by atoms with van der Waals surface area (Å²) >= 11 is 0. The van der Waals surface area contributed by atoms with Gasteiger partial charge in [0.25, 0.3) is 0 Å². The fraction of sp³-hybridized carbons (Fsp3) is 0.381. The van der Waals surface area contributed by atoms with E-state index in [0.717, 1.165) is 47.9 Å². The third-order valence-corrected chi connectivity index (χ3v) is 5.65. The molecular weight excluding hydrogens is 328 g/mol. The van der Waals surface area contributed by atoms with Crippen LogP contribution in [-0.2, 0) is 18.4 Å². The van der Waals surface area contributed by atoms with E-state index in [1.54, 1.807) is 12.1 Å². The number of aryl methyl sites for hydroxylation is 1. The number of aromatic hydroxyl groups is 1. The van der Waals surface area contributed by atoms with Crippen molar-refractivity contribution < 1.29 is 15.0 Å². The van der Waals surface area contributed by atoms with Crippen LogP contribution >= 0.6 is 0 Å². The van der Waals surface area contributed by atoms with Gasteiger partial charge in [-0.2, -0.15) is 0 Å². The summed E-state index contributed by atoms with van der Waals surface area (Å²) < 4.78 is 0. The van der Waals surface area contributed by atoms with Crippen molar-refractivity contribution in [2.45, 2.75) is 43.7 Å². The van der Waals surface area contributed by atoms with E-state index in [-0.39, 0.29) is 18.6 Å². The van der Waals surface area contributed by atoms with Crippen molar-refractivity contribution in [3.8, 4) is 5.75 Å². The molecule has 136 valence electrons. The minimum Gasteiger partial charge on any atom is -0.508 e. The standard InChI is InChI=1S/C21H24N2O3/c24-19-9-3-7-15-16(19)10-11-18(15)23-20(25)22-13-21(26)12-4-6-14-5-1-2-8-17(14)21/h1-3,5,7-9,18,24,26H,4,6,10-13H2,(H2,22,23,25). The first kappa shape index (κ1) is 16.9. The molecule has 0 saturated carbocycles. The first-order valence-corrected chi connectivity index (χ1v) is 9.23. The molecule has 5 nitrogen and oxygen atoms in total. The number of urea groups is 1. The molecule has 0 bridgehead atoms. The Hall–Kier alpha value is -2.53. The molecule has 0 aromatic heterocycles. The van der Waals surface area contributed by atoms with Crippen LogP contribution in [0.1, 0.15) is 47.6 Å². The van der Waals surface area contributed by atoms with Gasteiger partial charge >= 0.3 is 6.03 Å². The largest absolute Gasteiger partial charge is 0.508 e. The second-order valence-electron chi connectivity index (χ2n) is 7.31. The molecule has 2 aromatic rings. The zero-order valence-corrected chi connectivity index (χ0v) is 14.7. The first-order chi connectivity index (χ1) is 12.6. The van der Waals surface area contributed by atoms with E-state index in [1.165, 1.54) is 0 Å². The number of benzene rings is 2. The van der Waals surface area contributed by atoms with Crippen LogP contribution in [0.5, 0.6) is 5.75 Å². The Morgan fingerprint density at radius 1 is 1.15 bits per heavy atom. The minimum absolute atomic E-state index is 0.106. The summed E-state index contributed by atoms with van der Waals surface area (Å²) in [6, 6.07) is 12.9. The van der Waals surface area contributed by atoms with Gasteiger partial charge < -0.3 is 20.8 Å². The Balaban J connectivity index is 1.41. The summed E-state index contributed by atoms with van der Waals surface area (Å²) in [5.74, 6) is 0.292. The molecule has 5 heteroatoms. The van der Waals surface area contributed by atoms with Crippen molar-refractivity contribution in [3.05, 3.63) is 64.7 Å². The average Bonchev–Trinajstić information content (AvgIpc) is 3.05. The van der Waals surface area contributed by atoms with Crippen molar-refractivity contribution in [3.63, 3.8) is 0 Å². The Morgan fingerprint density at radius 2 is 2.00 bits per heavy atom. The van der Waals surface area contributed by atoms with Gasteiger partial charge in [0.1, 0.15) is 11.4 Å². The van der Waals surface area contributed by atoms with Crippen LogP contribution in [0, 0.1) is 0 Å². The molecule has 0 fully saturated rings. The molecular formula is C21H24N2O3. The van der Waals surface area contributed by atoms with Crippen LogP contribution in [-0.4, -0.2) is 22.8 Å². The normalized spacial score (nSPS) is 23.8.